The molecule has 3 rings (SSSR count). The largest absolute Gasteiger partial charge is 0.293 e. The molecule has 1 fully saturated rings. The van der Waals surface area contributed by atoms with Crippen LogP contribution < -0.4 is 10.9 Å². The summed E-state index contributed by atoms with van der Waals surface area (Å²) in [4.78, 5) is 42.4. The second-order valence-corrected chi connectivity index (χ2v) is 8.47. The quantitative estimate of drug-likeness (QED) is 0.275. The highest BCUT2D eigenvalue weighted by Gasteiger charge is 2.31. The molecule has 0 bridgehead atoms. The van der Waals surface area contributed by atoms with Crippen LogP contribution in [0.3, 0.4) is 0 Å². The summed E-state index contributed by atoms with van der Waals surface area (Å²) in [6, 6.07) is 12.9. The van der Waals surface area contributed by atoms with Crippen LogP contribution in [0.5, 0.6) is 0 Å². The van der Waals surface area contributed by atoms with E-state index < -0.39 is 5.91 Å². The SMILES string of the molecule is O=C(CCCCCN1C(=O)/C(=C/c2ccccc2)SC1=S)NNC(=O)c1cccnc1. The molecule has 0 saturated carbocycles. The van der Waals surface area contributed by atoms with Gasteiger partial charge in [-0.25, -0.2) is 0 Å². The van der Waals surface area contributed by atoms with Gasteiger partial charge in [-0.3, -0.25) is 35.1 Å². The van der Waals surface area contributed by atoms with Crippen LogP contribution in [0, 0.1) is 0 Å². The van der Waals surface area contributed by atoms with Crippen molar-refractivity contribution in [3.05, 3.63) is 70.9 Å². The zero-order chi connectivity index (χ0) is 22.1. The van der Waals surface area contributed by atoms with E-state index in [0.29, 0.717) is 27.8 Å². The number of hydrogen-bond acceptors (Lipinski definition) is 6. The number of unbranched alkanes of at least 4 members (excludes halogenated alkanes) is 2. The smallest absolute Gasteiger partial charge is 0.271 e. The summed E-state index contributed by atoms with van der Waals surface area (Å²) in [5.41, 5.74) is 6.09. The van der Waals surface area contributed by atoms with Gasteiger partial charge in [-0.2, -0.15) is 0 Å². The highest BCUT2D eigenvalue weighted by Crippen LogP contribution is 2.32. The predicted octanol–water partition coefficient (Wildman–Crippen LogP) is 3.30. The van der Waals surface area contributed by atoms with E-state index in [1.807, 2.05) is 36.4 Å². The first-order chi connectivity index (χ1) is 15.0. The third kappa shape index (κ3) is 6.73. The van der Waals surface area contributed by atoms with E-state index in [1.165, 1.54) is 18.0 Å². The van der Waals surface area contributed by atoms with Crippen molar-refractivity contribution in [2.45, 2.75) is 25.7 Å². The molecule has 1 saturated heterocycles. The summed E-state index contributed by atoms with van der Waals surface area (Å²) in [5, 5.41) is 0. The van der Waals surface area contributed by atoms with Crippen molar-refractivity contribution in [2.75, 3.05) is 6.54 Å². The summed E-state index contributed by atoms with van der Waals surface area (Å²) in [7, 11) is 0. The topological polar surface area (TPSA) is 91.4 Å². The molecule has 1 aliphatic heterocycles. The maximum atomic E-state index is 12.6. The van der Waals surface area contributed by atoms with Gasteiger partial charge in [0.15, 0.2) is 0 Å². The van der Waals surface area contributed by atoms with Crippen LogP contribution >= 0.6 is 24.0 Å². The van der Waals surface area contributed by atoms with Gasteiger partial charge < -0.3 is 0 Å². The van der Waals surface area contributed by atoms with E-state index in [2.05, 4.69) is 15.8 Å². The average Bonchev–Trinajstić information content (AvgIpc) is 3.05. The number of thioether (sulfide) groups is 1. The van der Waals surface area contributed by atoms with Gasteiger partial charge >= 0.3 is 0 Å². The lowest BCUT2D eigenvalue weighted by Crippen LogP contribution is -2.41. The first-order valence-corrected chi connectivity index (χ1v) is 11.1. The Morgan fingerprint density at radius 3 is 2.61 bits per heavy atom. The Hall–Kier alpha value is -3.04. The van der Waals surface area contributed by atoms with Gasteiger partial charge in [0.05, 0.1) is 10.5 Å². The molecule has 3 amide bonds. The second kappa shape index (κ2) is 11.4. The molecule has 160 valence electrons. The summed E-state index contributed by atoms with van der Waals surface area (Å²) in [6.45, 7) is 0.524. The number of aromatic nitrogens is 1. The van der Waals surface area contributed by atoms with Crippen molar-refractivity contribution in [3.63, 3.8) is 0 Å². The lowest BCUT2D eigenvalue weighted by Gasteiger charge is -2.14. The molecule has 2 N–H and O–H groups in total. The van der Waals surface area contributed by atoms with E-state index in [9.17, 15) is 14.4 Å². The van der Waals surface area contributed by atoms with Crippen molar-refractivity contribution in [1.82, 2.24) is 20.7 Å². The molecule has 0 radical (unpaired) electrons. The maximum absolute atomic E-state index is 12.6. The number of carbonyl (C=O) groups is 3. The monoisotopic (exact) mass is 454 g/mol. The Morgan fingerprint density at radius 2 is 1.87 bits per heavy atom. The van der Waals surface area contributed by atoms with Gasteiger partial charge in [0, 0.05) is 25.4 Å². The lowest BCUT2D eigenvalue weighted by atomic mass is 10.2. The Labute approximate surface area is 190 Å². The fourth-order valence-corrected chi connectivity index (χ4v) is 4.19. The minimum absolute atomic E-state index is 0.0743. The normalized spacial score (nSPS) is 14.7. The molecule has 0 aliphatic carbocycles. The number of hydrazine groups is 1. The molecule has 1 aromatic carbocycles. The number of amides is 3. The van der Waals surface area contributed by atoms with Gasteiger partial charge in [0.1, 0.15) is 4.32 Å². The number of pyridine rings is 1. The van der Waals surface area contributed by atoms with Crippen molar-refractivity contribution >= 4 is 52.1 Å². The van der Waals surface area contributed by atoms with E-state index in [-0.39, 0.29) is 18.2 Å². The summed E-state index contributed by atoms with van der Waals surface area (Å²) in [6.07, 6.45) is 7.26. The van der Waals surface area contributed by atoms with Crippen LogP contribution in [-0.2, 0) is 9.59 Å². The maximum Gasteiger partial charge on any atom is 0.271 e. The summed E-state index contributed by atoms with van der Waals surface area (Å²) in [5.74, 6) is -0.761. The standard InChI is InChI=1S/C22H22N4O3S2/c27-19(24-25-20(28)17-10-7-12-23-15-17)11-5-2-6-13-26-21(29)18(31-22(26)30)14-16-8-3-1-4-9-16/h1,3-4,7-10,12,14-15H,2,5-6,11,13H2,(H,24,27)(H,25,28)/b18-14-. The van der Waals surface area contributed by atoms with Gasteiger partial charge in [0.2, 0.25) is 5.91 Å². The van der Waals surface area contributed by atoms with Gasteiger partial charge in [-0.1, -0.05) is 60.7 Å². The Morgan fingerprint density at radius 1 is 1.06 bits per heavy atom. The fraction of sp³-hybridized carbons (Fsp3) is 0.227. The molecule has 9 heteroatoms. The zero-order valence-electron chi connectivity index (χ0n) is 16.7. The number of carbonyl (C=O) groups excluding carboxylic acids is 3. The molecule has 0 unspecified atom stereocenters. The van der Waals surface area contributed by atoms with E-state index >= 15 is 0 Å². The van der Waals surface area contributed by atoms with Gasteiger partial charge in [-0.05, 0) is 36.6 Å². The summed E-state index contributed by atoms with van der Waals surface area (Å²) >= 11 is 6.66. The molecule has 2 aromatic rings. The zero-order valence-corrected chi connectivity index (χ0v) is 18.4. The van der Waals surface area contributed by atoms with Crippen molar-refractivity contribution in [1.29, 1.82) is 0 Å². The van der Waals surface area contributed by atoms with Crippen LogP contribution in [0.1, 0.15) is 41.6 Å². The first kappa shape index (κ1) is 22.6. The molecule has 31 heavy (non-hydrogen) atoms. The van der Waals surface area contributed by atoms with E-state index in [4.69, 9.17) is 12.2 Å². The molecule has 0 atom stereocenters. The highest BCUT2D eigenvalue weighted by atomic mass is 32.2. The first-order valence-electron chi connectivity index (χ1n) is 9.84. The third-order valence-corrected chi connectivity index (χ3v) is 5.87. The molecule has 1 aromatic heterocycles. The van der Waals surface area contributed by atoms with Crippen LogP contribution in [0.2, 0.25) is 0 Å². The number of thiocarbonyl (C=S) groups is 1. The van der Waals surface area contributed by atoms with Crippen molar-refractivity contribution < 1.29 is 14.4 Å². The Kier molecular flexibility index (Phi) is 8.31. The minimum Gasteiger partial charge on any atom is -0.293 e. The Bertz CT molecular complexity index is 981. The number of nitrogens with one attached hydrogen (secondary N) is 2. The van der Waals surface area contributed by atoms with Crippen LogP contribution in [0.15, 0.2) is 59.8 Å². The summed E-state index contributed by atoms with van der Waals surface area (Å²) < 4.78 is 0.558. The second-order valence-electron chi connectivity index (χ2n) is 6.80. The van der Waals surface area contributed by atoms with Crippen LogP contribution in [-0.4, -0.2) is 38.5 Å². The number of benzene rings is 1. The number of rotatable bonds is 8. The van der Waals surface area contributed by atoms with E-state index in [0.717, 1.165) is 18.4 Å². The van der Waals surface area contributed by atoms with Crippen LogP contribution in [0.4, 0.5) is 0 Å². The van der Waals surface area contributed by atoms with E-state index in [1.54, 1.807) is 23.2 Å². The molecule has 0 spiro atoms. The number of hydrogen-bond donors (Lipinski definition) is 2. The molecular formula is C22H22N4O3S2. The average molecular weight is 455 g/mol. The Balaban J connectivity index is 1.34. The number of nitrogens with zero attached hydrogens (tertiary/aromatic N) is 2. The predicted molar refractivity (Wildman–Crippen MR) is 125 cm³/mol. The van der Waals surface area contributed by atoms with Crippen molar-refractivity contribution in [3.8, 4) is 0 Å². The third-order valence-electron chi connectivity index (χ3n) is 4.50. The fourth-order valence-electron chi connectivity index (χ4n) is 2.88. The molecule has 1 aliphatic rings. The lowest BCUT2D eigenvalue weighted by molar-refractivity contribution is -0.123. The minimum atomic E-state index is -0.417. The molecular weight excluding hydrogens is 432 g/mol. The van der Waals surface area contributed by atoms with Gasteiger partial charge in [-0.15, -0.1) is 0 Å². The molecule has 2 heterocycles. The van der Waals surface area contributed by atoms with Crippen molar-refractivity contribution in [2.24, 2.45) is 0 Å². The molecule has 7 nitrogen and oxygen atoms in total. The van der Waals surface area contributed by atoms with Gasteiger partial charge in [0.25, 0.3) is 11.8 Å². The highest BCUT2D eigenvalue weighted by molar-refractivity contribution is 8.26. The van der Waals surface area contributed by atoms with Crippen LogP contribution in [0.25, 0.3) is 6.08 Å².